The number of benzene rings is 6. The van der Waals surface area contributed by atoms with Crippen LogP contribution in [0.2, 0.25) is 5.02 Å². The van der Waals surface area contributed by atoms with Gasteiger partial charge in [0.15, 0.2) is 0 Å². The Labute approximate surface area is 336 Å². The Balaban J connectivity index is 0.000000336. The average Bonchev–Trinajstić information content (AvgIpc) is 3.25. The number of hydrogen-bond acceptors (Lipinski definition) is 8. The van der Waals surface area contributed by atoms with E-state index in [1.165, 1.54) is 29.3 Å². The van der Waals surface area contributed by atoms with Gasteiger partial charge in [0.1, 0.15) is 23.1 Å². The van der Waals surface area contributed by atoms with E-state index in [1.807, 2.05) is 84.9 Å². The summed E-state index contributed by atoms with van der Waals surface area (Å²) in [7, 11) is 3.30. The van der Waals surface area contributed by atoms with Crippen molar-refractivity contribution < 1.29 is 18.3 Å². The Morgan fingerprint density at radius 2 is 0.946 bits per heavy atom. The summed E-state index contributed by atoms with van der Waals surface area (Å²) in [6.07, 6.45) is 0. The fraction of sp³-hybridized carbons (Fsp3) is 0.200. The van der Waals surface area contributed by atoms with Crippen molar-refractivity contribution in [2.45, 2.75) is 46.2 Å². The second-order valence-electron chi connectivity index (χ2n) is 11.6. The molecule has 11 heteroatoms. The van der Waals surface area contributed by atoms with E-state index in [-0.39, 0.29) is 18.2 Å². The molecule has 0 aliphatic heterocycles. The molecular weight excluding hydrogens is 730 g/mol. The van der Waals surface area contributed by atoms with Gasteiger partial charge in [-0.05, 0) is 77.2 Å². The quantitative estimate of drug-likeness (QED) is 0.0897. The molecule has 0 amide bonds. The highest BCUT2D eigenvalue weighted by Gasteiger charge is 1.97. The smallest absolute Gasteiger partial charge is 0.127 e. The Kier molecular flexibility index (Phi) is 26.3. The normalized spacial score (nSPS) is 9.50. The average molecular weight is 787 g/mol. The first-order valence-electron chi connectivity index (χ1n) is 17.8. The second kappa shape index (κ2) is 30.1. The molecule has 6 rings (SSSR count). The van der Waals surface area contributed by atoms with Crippen LogP contribution >= 0.6 is 11.6 Å². The lowest BCUT2D eigenvalue weighted by atomic mass is 10.1. The van der Waals surface area contributed by atoms with E-state index in [1.54, 1.807) is 44.6 Å². The van der Waals surface area contributed by atoms with Crippen molar-refractivity contribution in [3.05, 3.63) is 201 Å². The molecule has 0 radical (unpaired) electrons. The Bertz CT molecular complexity index is 1780. The molecule has 0 saturated heterocycles. The fourth-order valence-electron chi connectivity index (χ4n) is 4.50. The van der Waals surface area contributed by atoms with E-state index in [0.29, 0.717) is 38.3 Å². The third-order valence-corrected chi connectivity index (χ3v) is 8.11. The van der Waals surface area contributed by atoms with Crippen molar-refractivity contribution >= 4 is 11.6 Å². The van der Waals surface area contributed by atoms with Crippen molar-refractivity contribution in [3.63, 3.8) is 0 Å². The summed E-state index contributed by atoms with van der Waals surface area (Å²) in [5.74, 6) is 1.28. The van der Waals surface area contributed by atoms with Gasteiger partial charge in [0.2, 0.25) is 0 Å². The van der Waals surface area contributed by atoms with Crippen LogP contribution in [0.3, 0.4) is 0 Å². The van der Waals surface area contributed by atoms with Crippen LogP contribution in [0.5, 0.6) is 11.5 Å². The molecule has 0 fully saturated rings. The van der Waals surface area contributed by atoms with Crippen molar-refractivity contribution in [1.29, 1.82) is 0 Å². The number of hydrogen-bond donors (Lipinski definition) is 6. The molecule has 6 aromatic carbocycles. The molecule has 0 aliphatic carbocycles. The standard InChI is InChI=1S/2C8H11NO.C8H11N.C7H8ClN.2C7H8FN/c1-10-8-4-2-3-7(5-8)6-9;1-10-8-5-3-2-4-7(8)6-9;1-7-4-2-3-5-8(7)6-9;8-7-4-2-1-3-6(7)5-9;8-7-3-1-2-6(4-7)5-9;8-7-4-2-1-3-6(7)5-9/h2*2-5H,6,9H2,1H3;2-5H,6,9H2,1H3;3*1-4H,5,9H2. The molecule has 0 aliphatic rings. The highest BCUT2D eigenvalue weighted by Crippen LogP contribution is 2.16. The lowest BCUT2D eigenvalue weighted by Gasteiger charge is -2.03. The lowest BCUT2D eigenvalue weighted by Crippen LogP contribution is -1.98. The first kappa shape index (κ1) is 48.8. The van der Waals surface area contributed by atoms with Crippen LogP contribution in [0, 0.1) is 18.6 Å². The third-order valence-electron chi connectivity index (χ3n) is 7.74. The van der Waals surface area contributed by atoms with Crippen LogP contribution in [0.25, 0.3) is 0 Å². The predicted molar refractivity (Wildman–Crippen MR) is 229 cm³/mol. The Morgan fingerprint density at radius 3 is 1.36 bits per heavy atom. The fourth-order valence-corrected chi connectivity index (χ4v) is 4.71. The van der Waals surface area contributed by atoms with E-state index < -0.39 is 0 Å². The van der Waals surface area contributed by atoms with E-state index in [0.717, 1.165) is 38.8 Å². The molecule has 0 aromatic heterocycles. The minimum Gasteiger partial charge on any atom is -0.497 e. The molecule has 0 unspecified atom stereocenters. The summed E-state index contributed by atoms with van der Waals surface area (Å²) in [6.45, 7) is 5.00. The van der Waals surface area contributed by atoms with Gasteiger partial charge in [-0.1, -0.05) is 115 Å². The molecule has 0 saturated carbocycles. The van der Waals surface area contributed by atoms with Gasteiger partial charge in [0, 0.05) is 55.4 Å². The minimum absolute atomic E-state index is 0.222. The van der Waals surface area contributed by atoms with Crippen molar-refractivity contribution in [2.75, 3.05) is 14.2 Å². The highest BCUT2D eigenvalue weighted by atomic mass is 35.5. The molecule has 12 N–H and O–H groups in total. The number of aryl methyl sites for hydroxylation is 1. The predicted octanol–water partition coefficient (Wildman–Crippen LogP) is 8.13. The minimum atomic E-state index is -0.224. The van der Waals surface area contributed by atoms with Gasteiger partial charge in [-0.15, -0.1) is 0 Å². The number of rotatable bonds is 8. The number of halogens is 3. The zero-order valence-electron chi connectivity index (χ0n) is 32.5. The maximum atomic E-state index is 12.5. The second-order valence-corrected chi connectivity index (χ2v) is 12.0. The van der Waals surface area contributed by atoms with Gasteiger partial charge < -0.3 is 43.9 Å². The molecule has 0 spiro atoms. The van der Waals surface area contributed by atoms with Gasteiger partial charge in [-0.3, -0.25) is 0 Å². The van der Waals surface area contributed by atoms with Crippen LogP contribution in [0.1, 0.15) is 38.9 Å². The summed E-state index contributed by atoms with van der Waals surface area (Å²) in [4.78, 5) is 0. The summed E-state index contributed by atoms with van der Waals surface area (Å²) in [5, 5.41) is 0.750. The first-order valence-corrected chi connectivity index (χ1v) is 18.2. The SMILES string of the molecule is COc1cccc(CN)c1.COc1ccccc1CN.Cc1ccccc1CN.NCc1cccc(F)c1.NCc1ccccc1Cl.NCc1ccccc1F. The molecule has 0 bridgehead atoms. The monoisotopic (exact) mass is 786 g/mol. The summed E-state index contributed by atoms with van der Waals surface area (Å²) in [6, 6.07) is 44.0. The zero-order valence-corrected chi connectivity index (χ0v) is 33.3. The summed E-state index contributed by atoms with van der Waals surface area (Å²) >= 11 is 5.74. The first-order chi connectivity index (χ1) is 27.1. The Morgan fingerprint density at radius 1 is 0.464 bits per heavy atom. The van der Waals surface area contributed by atoms with Gasteiger partial charge >= 0.3 is 0 Å². The molecule has 0 heterocycles. The maximum Gasteiger partial charge on any atom is 0.127 e. The van der Waals surface area contributed by atoms with Gasteiger partial charge in [0.05, 0.1) is 14.2 Å². The van der Waals surface area contributed by atoms with Crippen molar-refractivity contribution in [1.82, 2.24) is 0 Å². The number of para-hydroxylation sites is 1. The van der Waals surface area contributed by atoms with Crippen molar-refractivity contribution in [2.24, 2.45) is 34.4 Å². The largest absolute Gasteiger partial charge is 0.497 e. The highest BCUT2D eigenvalue weighted by molar-refractivity contribution is 6.31. The zero-order chi connectivity index (χ0) is 41.6. The third kappa shape index (κ3) is 19.9. The van der Waals surface area contributed by atoms with E-state index in [9.17, 15) is 8.78 Å². The molecule has 56 heavy (non-hydrogen) atoms. The van der Waals surface area contributed by atoms with Crippen molar-refractivity contribution in [3.8, 4) is 11.5 Å². The molecule has 6 aromatic rings. The van der Waals surface area contributed by atoms with E-state index >= 15 is 0 Å². The van der Waals surface area contributed by atoms with E-state index in [2.05, 4.69) is 19.1 Å². The van der Waals surface area contributed by atoms with Gasteiger partial charge in [0.25, 0.3) is 0 Å². The number of methoxy groups -OCH3 is 2. The van der Waals surface area contributed by atoms with Crippen LogP contribution in [0.4, 0.5) is 8.78 Å². The summed E-state index contributed by atoms with van der Waals surface area (Å²) in [5.41, 5.74) is 39.2. The van der Waals surface area contributed by atoms with Crippen LogP contribution in [-0.2, 0) is 39.3 Å². The van der Waals surface area contributed by atoms with Gasteiger partial charge in [-0.2, -0.15) is 0 Å². The molecule has 300 valence electrons. The van der Waals surface area contributed by atoms with Crippen LogP contribution in [-0.4, -0.2) is 14.2 Å². The van der Waals surface area contributed by atoms with E-state index in [4.69, 9.17) is 55.5 Å². The maximum absolute atomic E-state index is 12.5. The lowest BCUT2D eigenvalue weighted by molar-refractivity contribution is 0.410. The van der Waals surface area contributed by atoms with Crippen LogP contribution < -0.4 is 43.9 Å². The molecule has 0 atom stereocenters. The summed E-state index contributed by atoms with van der Waals surface area (Å²) < 4.78 is 34.9. The van der Waals surface area contributed by atoms with Crippen LogP contribution in [0.15, 0.2) is 146 Å². The molecule has 8 nitrogen and oxygen atoms in total. The van der Waals surface area contributed by atoms with Gasteiger partial charge in [-0.25, -0.2) is 8.78 Å². The number of nitrogens with two attached hydrogens (primary N) is 6. The molecular formula is C45H57ClF2N6O2. The Hall–Kier alpha value is -5.17. The topological polar surface area (TPSA) is 175 Å². The number of ether oxygens (including phenoxy) is 2.